The van der Waals surface area contributed by atoms with E-state index in [1.54, 1.807) is 6.20 Å². The number of H-pyrrole nitrogens is 1. The number of hydrogen-bond donors (Lipinski definition) is 2. The van der Waals surface area contributed by atoms with Crippen LogP contribution in [-0.4, -0.2) is 63.8 Å². The van der Waals surface area contributed by atoms with Gasteiger partial charge in [-0.1, -0.05) is 0 Å². The van der Waals surface area contributed by atoms with Crippen LogP contribution in [0.1, 0.15) is 5.76 Å². The molecular weight excluding hydrogens is 272 g/mol. The molecular formula is C14H18N4O3. The van der Waals surface area contributed by atoms with Crippen LogP contribution in [0.4, 0.5) is 0 Å². The molecule has 2 N–H and O–H groups in total. The van der Waals surface area contributed by atoms with Crippen LogP contribution in [0.2, 0.25) is 0 Å². The summed E-state index contributed by atoms with van der Waals surface area (Å²) in [5, 5.41) is 16.0. The van der Waals surface area contributed by atoms with E-state index in [0.717, 1.165) is 30.3 Å². The first kappa shape index (κ1) is 13.8. The molecule has 1 atom stereocenters. The Morgan fingerprint density at radius 1 is 1.48 bits per heavy atom. The van der Waals surface area contributed by atoms with Crippen LogP contribution in [0.3, 0.4) is 0 Å². The fourth-order valence-corrected chi connectivity index (χ4v) is 2.56. The minimum Gasteiger partial charge on any atom is -0.480 e. The van der Waals surface area contributed by atoms with E-state index in [2.05, 4.69) is 15.1 Å². The van der Waals surface area contributed by atoms with Crippen molar-refractivity contribution in [3.63, 3.8) is 0 Å². The lowest BCUT2D eigenvalue weighted by molar-refractivity contribution is -0.145. The number of carboxylic acids is 1. The summed E-state index contributed by atoms with van der Waals surface area (Å²) in [4.78, 5) is 15.2. The van der Waals surface area contributed by atoms with Crippen LogP contribution >= 0.6 is 0 Å². The zero-order valence-electron chi connectivity index (χ0n) is 11.8. The van der Waals surface area contributed by atoms with Gasteiger partial charge in [0.2, 0.25) is 0 Å². The molecule has 0 amide bonds. The second kappa shape index (κ2) is 5.71. The summed E-state index contributed by atoms with van der Waals surface area (Å²) < 4.78 is 5.78. The van der Waals surface area contributed by atoms with E-state index in [-0.39, 0.29) is 0 Å². The highest BCUT2D eigenvalue weighted by Crippen LogP contribution is 2.21. The van der Waals surface area contributed by atoms with Crippen molar-refractivity contribution < 1.29 is 14.3 Å². The van der Waals surface area contributed by atoms with Gasteiger partial charge in [0.25, 0.3) is 0 Å². The van der Waals surface area contributed by atoms with Crippen molar-refractivity contribution in [2.45, 2.75) is 12.6 Å². The van der Waals surface area contributed by atoms with Gasteiger partial charge in [0.15, 0.2) is 5.76 Å². The van der Waals surface area contributed by atoms with E-state index in [1.807, 2.05) is 30.1 Å². The van der Waals surface area contributed by atoms with Crippen LogP contribution in [0.5, 0.6) is 0 Å². The predicted octanol–water partition coefficient (Wildman–Crippen LogP) is 0.870. The number of aliphatic carboxylic acids is 1. The molecule has 0 aromatic carbocycles. The second-order valence-corrected chi connectivity index (χ2v) is 5.31. The molecule has 2 aromatic rings. The average molecular weight is 290 g/mol. The van der Waals surface area contributed by atoms with Gasteiger partial charge in [-0.3, -0.25) is 19.7 Å². The normalized spacial score (nSPS) is 20.7. The third-order valence-corrected chi connectivity index (χ3v) is 3.82. The number of aromatic nitrogens is 2. The standard InChI is InChI=1S/C14H18N4O3/c1-17-6-7-18(9-12(17)14(19)20)8-10-2-3-13(21-10)11-4-5-15-16-11/h2-5,12H,6-9H2,1H3,(H,15,16)(H,19,20). The Morgan fingerprint density at radius 2 is 2.33 bits per heavy atom. The fourth-order valence-electron chi connectivity index (χ4n) is 2.56. The molecule has 0 spiro atoms. The van der Waals surface area contributed by atoms with Crippen molar-refractivity contribution in [2.24, 2.45) is 0 Å². The van der Waals surface area contributed by atoms with E-state index >= 15 is 0 Å². The van der Waals surface area contributed by atoms with Crippen LogP contribution in [-0.2, 0) is 11.3 Å². The number of hydrogen-bond acceptors (Lipinski definition) is 5. The molecule has 7 heteroatoms. The van der Waals surface area contributed by atoms with Crippen LogP contribution in [0, 0.1) is 0 Å². The lowest BCUT2D eigenvalue weighted by Gasteiger charge is -2.36. The Balaban J connectivity index is 1.65. The molecule has 1 unspecified atom stereocenters. The SMILES string of the molecule is CN1CCN(Cc2ccc(-c3ccn[nH]3)o2)CC1C(=O)O. The van der Waals surface area contributed by atoms with Gasteiger partial charge in [0.1, 0.15) is 17.5 Å². The Morgan fingerprint density at radius 3 is 3.05 bits per heavy atom. The molecule has 1 fully saturated rings. The van der Waals surface area contributed by atoms with E-state index in [9.17, 15) is 9.90 Å². The van der Waals surface area contributed by atoms with E-state index in [4.69, 9.17) is 4.42 Å². The van der Waals surface area contributed by atoms with Gasteiger partial charge in [0, 0.05) is 25.8 Å². The number of carboxylic acid groups (broad SMARTS) is 1. The number of nitrogens with zero attached hydrogens (tertiary/aromatic N) is 3. The highest BCUT2D eigenvalue weighted by molar-refractivity contribution is 5.73. The van der Waals surface area contributed by atoms with Crippen molar-refractivity contribution in [1.29, 1.82) is 0 Å². The van der Waals surface area contributed by atoms with Crippen molar-refractivity contribution in [2.75, 3.05) is 26.7 Å². The van der Waals surface area contributed by atoms with Gasteiger partial charge < -0.3 is 9.52 Å². The average Bonchev–Trinajstić information content (AvgIpc) is 3.11. The lowest BCUT2D eigenvalue weighted by atomic mass is 10.2. The summed E-state index contributed by atoms with van der Waals surface area (Å²) in [6.45, 7) is 2.70. The molecule has 0 bridgehead atoms. The predicted molar refractivity (Wildman–Crippen MR) is 75.6 cm³/mol. The first-order valence-electron chi connectivity index (χ1n) is 6.87. The Labute approximate surface area is 122 Å². The highest BCUT2D eigenvalue weighted by atomic mass is 16.4. The summed E-state index contributed by atoms with van der Waals surface area (Å²) in [6, 6.07) is 5.21. The summed E-state index contributed by atoms with van der Waals surface area (Å²) in [7, 11) is 1.85. The van der Waals surface area contributed by atoms with Crippen LogP contribution in [0.25, 0.3) is 11.5 Å². The zero-order valence-corrected chi connectivity index (χ0v) is 11.8. The molecule has 1 saturated heterocycles. The monoisotopic (exact) mass is 290 g/mol. The number of piperazine rings is 1. The topological polar surface area (TPSA) is 85.6 Å². The van der Waals surface area contributed by atoms with E-state index < -0.39 is 12.0 Å². The van der Waals surface area contributed by atoms with Crippen molar-refractivity contribution in [3.8, 4) is 11.5 Å². The van der Waals surface area contributed by atoms with Crippen LogP contribution in [0.15, 0.2) is 28.8 Å². The number of furan rings is 1. The number of nitrogens with one attached hydrogen (secondary N) is 1. The molecule has 1 aliphatic heterocycles. The second-order valence-electron chi connectivity index (χ2n) is 5.31. The first-order chi connectivity index (χ1) is 10.1. The Hall–Kier alpha value is -2.12. The molecule has 112 valence electrons. The van der Waals surface area contributed by atoms with Gasteiger partial charge >= 0.3 is 5.97 Å². The highest BCUT2D eigenvalue weighted by Gasteiger charge is 2.30. The lowest BCUT2D eigenvalue weighted by Crippen LogP contribution is -2.54. The van der Waals surface area contributed by atoms with Gasteiger partial charge in [-0.2, -0.15) is 5.10 Å². The third-order valence-electron chi connectivity index (χ3n) is 3.82. The maximum absolute atomic E-state index is 11.2. The van der Waals surface area contributed by atoms with Crippen LogP contribution < -0.4 is 0 Å². The number of likely N-dealkylation sites (N-methyl/N-ethyl adjacent to an activating group) is 1. The van der Waals surface area contributed by atoms with Gasteiger partial charge in [-0.25, -0.2) is 0 Å². The smallest absolute Gasteiger partial charge is 0.322 e. The molecule has 0 radical (unpaired) electrons. The van der Waals surface area contributed by atoms with Crippen molar-refractivity contribution in [3.05, 3.63) is 30.2 Å². The molecule has 7 nitrogen and oxygen atoms in total. The summed E-state index contributed by atoms with van der Waals surface area (Å²) in [6.07, 6.45) is 1.68. The maximum Gasteiger partial charge on any atom is 0.322 e. The molecule has 0 saturated carbocycles. The maximum atomic E-state index is 11.2. The Kier molecular flexibility index (Phi) is 3.76. The molecule has 21 heavy (non-hydrogen) atoms. The molecule has 3 rings (SSSR count). The zero-order chi connectivity index (χ0) is 14.8. The van der Waals surface area contributed by atoms with Gasteiger partial charge in [0.05, 0.1) is 6.54 Å². The van der Waals surface area contributed by atoms with E-state index in [1.165, 1.54) is 0 Å². The Bertz CT molecular complexity index is 608. The summed E-state index contributed by atoms with van der Waals surface area (Å²) >= 11 is 0. The largest absolute Gasteiger partial charge is 0.480 e. The van der Waals surface area contributed by atoms with Gasteiger partial charge in [-0.05, 0) is 25.2 Å². The minimum absolute atomic E-state index is 0.458. The van der Waals surface area contributed by atoms with Crippen molar-refractivity contribution in [1.82, 2.24) is 20.0 Å². The minimum atomic E-state index is -0.778. The van der Waals surface area contributed by atoms with E-state index in [0.29, 0.717) is 13.1 Å². The third kappa shape index (κ3) is 2.98. The van der Waals surface area contributed by atoms with Crippen molar-refractivity contribution >= 4 is 5.97 Å². The quantitative estimate of drug-likeness (QED) is 0.869. The first-order valence-corrected chi connectivity index (χ1v) is 6.87. The molecule has 2 aromatic heterocycles. The molecule has 3 heterocycles. The number of aromatic amines is 1. The number of carbonyl (C=O) groups is 1. The fraction of sp³-hybridized carbons (Fsp3) is 0.429. The summed E-state index contributed by atoms with van der Waals surface area (Å²) in [5.41, 5.74) is 0.836. The number of rotatable bonds is 4. The van der Waals surface area contributed by atoms with Gasteiger partial charge in [-0.15, -0.1) is 0 Å². The molecule has 0 aliphatic carbocycles. The molecule has 1 aliphatic rings. The summed E-state index contributed by atoms with van der Waals surface area (Å²) in [5.74, 6) is 0.791.